The Morgan fingerprint density at radius 2 is 1.96 bits per heavy atom. The fourth-order valence-electron chi connectivity index (χ4n) is 6.59. The minimum atomic E-state index is -0.00158. The van der Waals surface area contributed by atoms with Gasteiger partial charge in [-0.15, -0.1) is 11.3 Å². The van der Waals surface area contributed by atoms with Crippen LogP contribution in [0.3, 0.4) is 0 Å². The van der Waals surface area contributed by atoms with E-state index in [9.17, 15) is 4.79 Å². The van der Waals surface area contributed by atoms with E-state index in [4.69, 9.17) is 0 Å². The van der Waals surface area contributed by atoms with Crippen LogP contribution in [-0.4, -0.2) is 30.5 Å². The highest BCUT2D eigenvalue weighted by molar-refractivity contribution is 7.13. The third-order valence-electron chi connectivity index (χ3n) is 7.28. The van der Waals surface area contributed by atoms with Crippen LogP contribution in [-0.2, 0) is 4.79 Å². The van der Waals surface area contributed by atoms with Crippen molar-refractivity contribution in [2.45, 2.75) is 51.4 Å². The fraction of sp³-hybridized carbons (Fsp3) is 0.800. The lowest BCUT2D eigenvalue weighted by Crippen LogP contribution is -2.54. The number of aromatic nitrogens is 1. The summed E-state index contributed by atoms with van der Waals surface area (Å²) in [6.45, 7) is 2.99. The zero-order chi connectivity index (χ0) is 16.9. The average molecular weight is 360 g/mol. The molecule has 1 aromatic rings. The van der Waals surface area contributed by atoms with E-state index in [0.29, 0.717) is 11.8 Å². The molecule has 1 saturated heterocycles. The van der Waals surface area contributed by atoms with Crippen molar-refractivity contribution in [2.24, 2.45) is 29.1 Å². The summed E-state index contributed by atoms with van der Waals surface area (Å²) in [5.74, 6) is 3.47. The van der Waals surface area contributed by atoms with Gasteiger partial charge < -0.3 is 10.2 Å². The van der Waals surface area contributed by atoms with Crippen LogP contribution in [0, 0.1) is 29.1 Å². The zero-order valence-corrected chi connectivity index (χ0v) is 15.8. The standard InChI is InChI=1S/C20H29N3OS/c24-18(20-9-15-6-16(10-20)8-17(7-15)11-20)22-12-14-2-1-4-23(13-14)19-21-3-5-25-19/h3,5,14-17H,1-2,4,6-13H2,(H,22,24). The van der Waals surface area contributed by atoms with Gasteiger partial charge in [-0.25, -0.2) is 4.98 Å². The number of carbonyl (C=O) groups excluding carboxylic acids is 1. The Labute approximate surface area is 154 Å². The quantitative estimate of drug-likeness (QED) is 0.892. The molecule has 1 unspecified atom stereocenters. The molecule has 4 nitrogen and oxygen atoms in total. The second-order valence-electron chi connectivity index (χ2n) is 9.18. The van der Waals surface area contributed by atoms with Crippen LogP contribution in [0.5, 0.6) is 0 Å². The van der Waals surface area contributed by atoms with Crippen LogP contribution in [0.4, 0.5) is 5.13 Å². The predicted octanol–water partition coefficient (Wildman–Crippen LogP) is 3.69. The number of nitrogens with zero attached hydrogens (tertiary/aromatic N) is 2. The molecule has 1 aliphatic heterocycles. The van der Waals surface area contributed by atoms with E-state index in [0.717, 1.165) is 42.5 Å². The minimum Gasteiger partial charge on any atom is -0.355 e. The molecule has 1 amide bonds. The smallest absolute Gasteiger partial charge is 0.226 e. The highest BCUT2D eigenvalue weighted by Crippen LogP contribution is 2.60. The molecule has 5 heteroatoms. The number of thiazole rings is 1. The summed E-state index contributed by atoms with van der Waals surface area (Å²) < 4.78 is 0. The molecule has 136 valence electrons. The van der Waals surface area contributed by atoms with Crippen molar-refractivity contribution in [1.29, 1.82) is 0 Å². The summed E-state index contributed by atoms with van der Waals surface area (Å²) >= 11 is 1.72. The minimum absolute atomic E-state index is 0.00158. The Morgan fingerprint density at radius 1 is 1.24 bits per heavy atom. The van der Waals surface area contributed by atoms with Gasteiger partial charge in [-0.05, 0) is 75.0 Å². The molecule has 6 rings (SSSR count). The topological polar surface area (TPSA) is 45.2 Å². The van der Waals surface area contributed by atoms with Crippen molar-refractivity contribution >= 4 is 22.4 Å². The number of rotatable bonds is 4. The number of anilines is 1. The highest BCUT2D eigenvalue weighted by Gasteiger charge is 2.54. The summed E-state index contributed by atoms with van der Waals surface area (Å²) in [6, 6.07) is 0. The summed E-state index contributed by atoms with van der Waals surface area (Å²) in [6.07, 6.45) is 12.0. The molecule has 5 aliphatic rings. The van der Waals surface area contributed by atoms with Crippen molar-refractivity contribution < 1.29 is 4.79 Å². The second kappa shape index (κ2) is 6.26. The van der Waals surface area contributed by atoms with Crippen LogP contribution in [0.1, 0.15) is 51.4 Å². The number of hydrogen-bond donors (Lipinski definition) is 1. The molecule has 0 spiro atoms. The molecule has 4 aliphatic carbocycles. The lowest BCUT2D eigenvalue weighted by molar-refractivity contribution is -0.146. The molecule has 0 radical (unpaired) electrons. The maximum Gasteiger partial charge on any atom is 0.226 e. The van der Waals surface area contributed by atoms with Gasteiger partial charge in [-0.2, -0.15) is 0 Å². The summed E-state index contributed by atoms with van der Waals surface area (Å²) in [7, 11) is 0. The Bertz CT molecular complexity index is 594. The normalized spacial score (nSPS) is 39.6. The number of nitrogens with one attached hydrogen (secondary N) is 1. The van der Waals surface area contributed by atoms with Gasteiger partial charge in [0.15, 0.2) is 5.13 Å². The lowest BCUT2D eigenvalue weighted by Gasteiger charge is -2.55. The molecule has 4 bridgehead atoms. The monoisotopic (exact) mass is 359 g/mol. The molecule has 5 fully saturated rings. The summed E-state index contributed by atoms with van der Waals surface area (Å²) in [4.78, 5) is 20.0. The van der Waals surface area contributed by atoms with Crippen molar-refractivity contribution in [3.05, 3.63) is 11.6 Å². The van der Waals surface area contributed by atoms with E-state index in [1.54, 1.807) is 11.3 Å². The molecule has 25 heavy (non-hydrogen) atoms. The molecule has 0 aromatic carbocycles. The van der Waals surface area contributed by atoms with Gasteiger partial charge >= 0.3 is 0 Å². The van der Waals surface area contributed by atoms with Crippen molar-refractivity contribution in [3.8, 4) is 0 Å². The lowest BCUT2D eigenvalue weighted by atomic mass is 9.49. The predicted molar refractivity (Wildman–Crippen MR) is 101 cm³/mol. The van der Waals surface area contributed by atoms with Gasteiger partial charge in [0, 0.05) is 36.6 Å². The molecule has 2 heterocycles. The van der Waals surface area contributed by atoms with Crippen molar-refractivity contribution in [3.63, 3.8) is 0 Å². The highest BCUT2D eigenvalue weighted by atomic mass is 32.1. The van der Waals surface area contributed by atoms with E-state index < -0.39 is 0 Å². The third-order valence-corrected chi connectivity index (χ3v) is 8.11. The second-order valence-corrected chi connectivity index (χ2v) is 10.0. The van der Waals surface area contributed by atoms with E-state index in [2.05, 4.69) is 15.2 Å². The molecule has 1 N–H and O–H groups in total. The SMILES string of the molecule is O=C(NCC1CCCN(c2nccs2)C1)C12CC3CC(CC(C3)C1)C2. The Balaban J connectivity index is 1.19. The van der Waals surface area contributed by atoms with E-state index in [1.807, 2.05) is 11.6 Å². The van der Waals surface area contributed by atoms with Gasteiger partial charge in [0.2, 0.25) is 5.91 Å². The van der Waals surface area contributed by atoms with Crippen LogP contribution >= 0.6 is 11.3 Å². The Kier molecular flexibility index (Phi) is 4.03. The first-order valence-electron chi connectivity index (χ1n) is 10.1. The van der Waals surface area contributed by atoms with Crippen molar-refractivity contribution in [2.75, 3.05) is 24.5 Å². The van der Waals surface area contributed by atoms with Gasteiger partial charge in [-0.1, -0.05) is 0 Å². The third kappa shape index (κ3) is 2.98. The van der Waals surface area contributed by atoms with Gasteiger partial charge in [0.1, 0.15) is 0 Å². The first-order valence-corrected chi connectivity index (χ1v) is 11.0. The number of amides is 1. The maximum absolute atomic E-state index is 13.1. The number of carbonyl (C=O) groups is 1. The van der Waals surface area contributed by atoms with Crippen LogP contribution in [0.25, 0.3) is 0 Å². The molecule has 4 saturated carbocycles. The first-order chi connectivity index (χ1) is 12.2. The summed E-state index contributed by atoms with van der Waals surface area (Å²) in [5, 5.41) is 6.58. The Hall–Kier alpha value is -1.10. The van der Waals surface area contributed by atoms with E-state index in [1.165, 1.54) is 51.4 Å². The molecule has 1 atom stereocenters. The van der Waals surface area contributed by atoms with Gasteiger partial charge in [0.25, 0.3) is 0 Å². The molecule has 1 aromatic heterocycles. The Morgan fingerprint density at radius 3 is 2.60 bits per heavy atom. The number of hydrogen-bond acceptors (Lipinski definition) is 4. The number of piperidine rings is 1. The van der Waals surface area contributed by atoms with Crippen molar-refractivity contribution in [1.82, 2.24) is 10.3 Å². The fourth-order valence-corrected chi connectivity index (χ4v) is 7.27. The first kappa shape index (κ1) is 16.1. The molecular weight excluding hydrogens is 330 g/mol. The van der Waals surface area contributed by atoms with Gasteiger partial charge in [0.05, 0.1) is 0 Å². The van der Waals surface area contributed by atoms with Crippen LogP contribution in [0.15, 0.2) is 11.6 Å². The van der Waals surface area contributed by atoms with Gasteiger partial charge in [-0.3, -0.25) is 4.79 Å². The van der Waals surface area contributed by atoms with E-state index in [-0.39, 0.29) is 5.41 Å². The largest absolute Gasteiger partial charge is 0.355 e. The van der Waals surface area contributed by atoms with Crippen LogP contribution < -0.4 is 10.2 Å². The molecular formula is C20H29N3OS. The average Bonchev–Trinajstić information content (AvgIpc) is 3.13. The zero-order valence-electron chi connectivity index (χ0n) is 15.0. The van der Waals surface area contributed by atoms with E-state index >= 15 is 0 Å². The maximum atomic E-state index is 13.1. The van der Waals surface area contributed by atoms with Crippen LogP contribution in [0.2, 0.25) is 0 Å². The summed E-state index contributed by atoms with van der Waals surface area (Å²) in [5.41, 5.74) is -0.00158.